The van der Waals surface area contributed by atoms with E-state index in [1.54, 1.807) is 0 Å². The maximum Gasteiger partial charge on any atom is 0.126 e. The molecule has 0 aliphatic rings. The predicted octanol–water partition coefficient (Wildman–Crippen LogP) is 2.10. The molecule has 0 unspecified atom stereocenters. The normalized spacial score (nSPS) is 10.7. The fourth-order valence-corrected chi connectivity index (χ4v) is 2.21. The van der Waals surface area contributed by atoms with Gasteiger partial charge in [0.1, 0.15) is 34.5 Å². The monoisotopic (exact) mass is 292 g/mol. The van der Waals surface area contributed by atoms with Gasteiger partial charge in [-0.25, -0.2) is 0 Å². The summed E-state index contributed by atoms with van der Waals surface area (Å²) in [6, 6.07) is 4.52. The Morgan fingerprint density at radius 3 is 1.10 bits per heavy atom. The second-order valence-electron chi connectivity index (χ2n) is 4.78. The number of rotatable bonds is 4. The van der Waals surface area contributed by atoms with Crippen LogP contribution in [0.2, 0.25) is 0 Å². The van der Waals surface area contributed by atoms with E-state index >= 15 is 0 Å². The van der Waals surface area contributed by atoms with Crippen molar-refractivity contribution in [2.24, 2.45) is 0 Å². The molecule has 0 atom stereocenters. The van der Waals surface area contributed by atoms with Gasteiger partial charge in [-0.05, 0) is 19.3 Å². The number of hydrogen-bond acceptors (Lipinski definition) is 6. The molecule has 0 bridgehead atoms. The van der Waals surface area contributed by atoms with Crippen LogP contribution in [0, 0.1) is 0 Å². The average molecular weight is 292 g/mol. The average Bonchev–Trinajstić information content (AvgIpc) is 2.34. The summed E-state index contributed by atoms with van der Waals surface area (Å²) in [5.74, 6) is -1.33. The van der Waals surface area contributed by atoms with Crippen LogP contribution >= 0.6 is 0 Å². The highest BCUT2D eigenvalue weighted by Gasteiger charge is 2.12. The molecule has 6 heteroatoms. The number of benzene rings is 2. The van der Waals surface area contributed by atoms with Crippen molar-refractivity contribution in [2.75, 3.05) is 0 Å². The largest absolute Gasteiger partial charge is 0.508 e. The van der Waals surface area contributed by atoms with Gasteiger partial charge in [-0.15, -0.1) is 0 Å². The van der Waals surface area contributed by atoms with Gasteiger partial charge in [0.2, 0.25) is 0 Å². The van der Waals surface area contributed by atoms with Crippen molar-refractivity contribution in [3.63, 3.8) is 0 Å². The third kappa shape index (κ3) is 3.22. The van der Waals surface area contributed by atoms with Crippen LogP contribution in [-0.2, 0) is 12.8 Å². The number of aromatic hydroxyl groups is 6. The Morgan fingerprint density at radius 2 is 0.810 bits per heavy atom. The molecular weight excluding hydrogens is 276 g/mol. The summed E-state index contributed by atoms with van der Waals surface area (Å²) in [5.41, 5.74) is 0.566. The summed E-state index contributed by atoms with van der Waals surface area (Å²) in [4.78, 5) is 0. The second kappa shape index (κ2) is 5.70. The lowest BCUT2D eigenvalue weighted by Gasteiger charge is -2.10. The molecule has 0 saturated heterocycles. The third-order valence-electron chi connectivity index (χ3n) is 3.23. The number of hydrogen-bond donors (Lipinski definition) is 6. The highest BCUT2D eigenvalue weighted by atomic mass is 16.3. The molecule has 2 aromatic rings. The minimum Gasteiger partial charge on any atom is -0.508 e. The first kappa shape index (κ1) is 14.6. The maximum atomic E-state index is 9.66. The Hall–Kier alpha value is -2.76. The Labute approximate surface area is 120 Å². The van der Waals surface area contributed by atoms with E-state index in [2.05, 4.69) is 0 Å². The van der Waals surface area contributed by atoms with Crippen LogP contribution in [0.5, 0.6) is 34.5 Å². The van der Waals surface area contributed by atoms with Crippen LogP contribution in [0.4, 0.5) is 0 Å². The van der Waals surface area contributed by atoms with Crippen LogP contribution in [0.25, 0.3) is 0 Å². The summed E-state index contributed by atoms with van der Waals surface area (Å²) in [7, 11) is 0. The van der Waals surface area contributed by atoms with E-state index in [1.165, 1.54) is 0 Å². The highest BCUT2D eigenvalue weighted by molar-refractivity contribution is 5.50. The van der Waals surface area contributed by atoms with E-state index in [9.17, 15) is 30.6 Å². The van der Waals surface area contributed by atoms with Gasteiger partial charge in [0.15, 0.2) is 0 Å². The topological polar surface area (TPSA) is 121 Å². The summed E-state index contributed by atoms with van der Waals surface area (Å²) >= 11 is 0. The van der Waals surface area contributed by atoms with Crippen LogP contribution in [-0.4, -0.2) is 30.6 Å². The molecular formula is C15H16O6. The molecule has 2 rings (SSSR count). The lowest BCUT2D eigenvalue weighted by molar-refractivity contribution is 0.415. The van der Waals surface area contributed by atoms with Crippen LogP contribution in [0.3, 0.4) is 0 Å². The van der Waals surface area contributed by atoms with Gasteiger partial charge in [0, 0.05) is 35.4 Å². The lowest BCUT2D eigenvalue weighted by atomic mass is 10.0. The van der Waals surface area contributed by atoms with E-state index in [4.69, 9.17) is 0 Å². The molecule has 0 saturated carbocycles. The second-order valence-corrected chi connectivity index (χ2v) is 4.78. The van der Waals surface area contributed by atoms with Crippen molar-refractivity contribution in [1.29, 1.82) is 0 Å². The van der Waals surface area contributed by atoms with Crippen molar-refractivity contribution in [3.8, 4) is 34.5 Å². The summed E-state index contributed by atoms with van der Waals surface area (Å²) in [6.07, 6.45) is 1.01. The van der Waals surface area contributed by atoms with Gasteiger partial charge in [-0.3, -0.25) is 0 Å². The van der Waals surface area contributed by atoms with Gasteiger partial charge in [0.25, 0.3) is 0 Å². The molecule has 0 radical (unpaired) electrons. The third-order valence-corrected chi connectivity index (χ3v) is 3.23. The van der Waals surface area contributed by atoms with Crippen molar-refractivity contribution >= 4 is 0 Å². The molecule has 0 fully saturated rings. The zero-order chi connectivity index (χ0) is 15.6. The SMILES string of the molecule is Oc1cc(O)c(CCCc2c(O)cc(O)cc2O)c(O)c1. The number of phenols is 6. The molecule has 21 heavy (non-hydrogen) atoms. The zero-order valence-electron chi connectivity index (χ0n) is 11.1. The van der Waals surface area contributed by atoms with E-state index in [0.29, 0.717) is 6.42 Å². The fourth-order valence-electron chi connectivity index (χ4n) is 2.21. The van der Waals surface area contributed by atoms with Crippen molar-refractivity contribution in [1.82, 2.24) is 0 Å². The van der Waals surface area contributed by atoms with Crippen molar-refractivity contribution in [3.05, 3.63) is 35.4 Å². The predicted molar refractivity (Wildman–Crippen MR) is 74.9 cm³/mol. The Balaban J connectivity index is 2.09. The Kier molecular flexibility index (Phi) is 3.98. The smallest absolute Gasteiger partial charge is 0.126 e. The molecule has 0 aliphatic heterocycles. The highest BCUT2D eigenvalue weighted by Crippen LogP contribution is 2.35. The van der Waals surface area contributed by atoms with Gasteiger partial charge < -0.3 is 30.6 Å². The van der Waals surface area contributed by atoms with Gasteiger partial charge in [0.05, 0.1) is 0 Å². The molecule has 2 aromatic carbocycles. The fraction of sp³-hybridized carbons (Fsp3) is 0.200. The summed E-state index contributed by atoms with van der Waals surface area (Å²) < 4.78 is 0. The Morgan fingerprint density at radius 1 is 0.524 bits per heavy atom. The Bertz CT molecular complexity index is 562. The summed E-state index contributed by atoms with van der Waals surface area (Å²) in [5, 5.41) is 57.1. The van der Waals surface area contributed by atoms with Crippen molar-refractivity contribution < 1.29 is 30.6 Å². The number of phenolic OH excluding ortho intramolecular Hbond substituents is 6. The standard InChI is InChI=1S/C15H16O6/c16-8-4-12(18)10(13(19)5-8)2-1-3-11-14(20)6-9(17)7-15(11)21/h4-7,16-21H,1-3H2. The quantitative estimate of drug-likeness (QED) is 0.513. The molecule has 6 nitrogen and oxygen atoms in total. The first-order valence-corrected chi connectivity index (χ1v) is 6.36. The zero-order valence-corrected chi connectivity index (χ0v) is 11.1. The van der Waals surface area contributed by atoms with Gasteiger partial charge in [-0.2, -0.15) is 0 Å². The molecule has 0 heterocycles. The van der Waals surface area contributed by atoms with Crippen LogP contribution in [0.1, 0.15) is 17.5 Å². The molecule has 112 valence electrons. The van der Waals surface area contributed by atoms with Crippen molar-refractivity contribution in [2.45, 2.75) is 19.3 Å². The molecule has 0 aliphatic carbocycles. The molecule has 0 aromatic heterocycles. The molecule has 0 amide bonds. The first-order chi connectivity index (χ1) is 9.88. The molecule has 6 N–H and O–H groups in total. The van der Waals surface area contributed by atoms with E-state index in [1.807, 2.05) is 0 Å². The van der Waals surface area contributed by atoms with E-state index in [-0.39, 0.29) is 58.5 Å². The van der Waals surface area contributed by atoms with Gasteiger partial charge >= 0.3 is 0 Å². The van der Waals surface area contributed by atoms with Crippen LogP contribution in [0.15, 0.2) is 24.3 Å². The van der Waals surface area contributed by atoms with Gasteiger partial charge in [-0.1, -0.05) is 0 Å². The first-order valence-electron chi connectivity index (χ1n) is 6.36. The van der Waals surface area contributed by atoms with Crippen LogP contribution < -0.4 is 0 Å². The minimum atomic E-state index is -0.234. The summed E-state index contributed by atoms with van der Waals surface area (Å²) in [6.45, 7) is 0. The maximum absolute atomic E-state index is 9.66. The lowest BCUT2D eigenvalue weighted by Crippen LogP contribution is -1.93. The minimum absolute atomic E-state index is 0.216. The van der Waals surface area contributed by atoms with E-state index < -0.39 is 0 Å². The van der Waals surface area contributed by atoms with E-state index in [0.717, 1.165) is 24.3 Å². The molecule has 0 spiro atoms.